The highest BCUT2D eigenvalue weighted by Crippen LogP contribution is 2.20. The average molecular weight is 259 g/mol. The predicted molar refractivity (Wildman–Crippen MR) is 73.7 cm³/mol. The first-order chi connectivity index (χ1) is 8.83. The van der Waals surface area contributed by atoms with Gasteiger partial charge in [0.05, 0.1) is 5.56 Å². The molecule has 19 heavy (non-hydrogen) atoms. The van der Waals surface area contributed by atoms with E-state index in [1.807, 2.05) is 35.9 Å². The lowest BCUT2D eigenvalue weighted by Crippen LogP contribution is -2.52. The van der Waals surface area contributed by atoms with Gasteiger partial charge in [-0.1, -0.05) is 18.2 Å². The van der Waals surface area contributed by atoms with Gasteiger partial charge < -0.3 is 15.6 Å². The lowest BCUT2D eigenvalue weighted by molar-refractivity contribution is -0.122. The summed E-state index contributed by atoms with van der Waals surface area (Å²) in [5.74, 6) is -0.873. The predicted octanol–water partition coefficient (Wildman–Crippen LogP) is 1.17. The van der Waals surface area contributed by atoms with Gasteiger partial charge in [0, 0.05) is 24.1 Å². The van der Waals surface area contributed by atoms with Gasteiger partial charge in [-0.2, -0.15) is 0 Å². The van der Waals surface area contributed by atoms with E-state index in [0.29, 0.717) is 5.56 Å². The Labute approximate surface area is 111 Å². The fraction of sp³-hybridized carbons (Fsp3) is 0.286. The number of nitrogens with two attached hydrogens (primary N) is 1. The van der Waals surface area contributed by atoms with Crippen molar-refractivity contribution >= 4 is 22.7 Å². The molecule has 1 heterocycles. The number of primary amides is 1. The smallest absolute Gasteiger partial charge is 0.254 e. The van der Waals surface area contributed by atoms with Crippen LogP contribution in [-0.2, 0) is 11.8 Å². The molecule has 0 atom stereocenters. The number of hydrogen-bond acceptors (Lipinski definition) is 2. The summed E-state index contributed by atoms with van der Waals surface area (Å²) in [6.45, 7) is 3.16. The number of nitrogens with one attached hydrogen (secondary N) is 1. The van der Waals surface area contributed by atoms with Gasteiger partial charge in [0.15, 0.2) is 0 Å². The molecule has 3 N–H and O–H groups in total. The fourth-order valence-corrected chi connectivity index (χ4v) is 1.94. The number of carbonyl (C=O) groups is 2. The maximum absolute atomic E-state index is 12.3. The zero-order valence-corrected chi connectivity index (χ0v) is 11.2. The van der Waals surface area contributed by atoms with E-state index in [2.05, 4.69) is 5.32 Å². The fourth-order valence-electron chi connectivity index (χ4n) is 1.94. The normalized spacial score (nSPS) is 11.5. The van der Waals surface area contributed by atoms with E-state index >= 15 is 0 Å². The number of amides is 2. The minimum absolute atomic E-state index is 0.305. The first-order valence-corrected chi connectivity index (χ1v) is 5.99. The number of hydrogen-bond donors (Lipinski definition) is 2. The molecule has 0 aliphatic carbocycles. The third kappa shape index (κ3) is 2.31. The Morgan fingerprint density at radius 3 is 2.53 bits per heavy atom. The molecule has 2 aromatic rings. The Morgan fingerprint density at radius 2 is 1.89 bits per heavy atom. The summed E-state index contributed by atoms with van der Waals surface area (Å²) in [4.78, 5) is 23.5. The topological polar surface area (TPSA) is 77.1 Å². The summed E-state index contributed by atoms with van der Waals surface area (Å²) in [5, 5.41) is 3.50. The van der Waals surface area contributed by atoms with Crippen molar-refractivity contribution in [3.8, 4) is 0 Å². The van der Waals surface area contributed by atoms with Crippen LogP contribution in [0.4, 0.5) is 0 Å². The van der Waals surface area contributed by atoms with Crippen molar-refractivity contribution in [2.45, 2.75) is 19.4 Å². The van der Waals surface area contributed by atoms with Gasteiger partial charge in [-0.3, -0.25) is 9.59 Å². The van der Waals surface area contributed by atoms with Crippen molar-refractivity contribution in [2.75, 3.05) is 0 Å². The van der Waals surface area contributed by atoms with Crippen LogP contribution in [0.1, 0.15) is 24.2 Å². The molecule has 0 spiro atoms. The summed E-state index contributed by atoms with van der Waals surface area (Å²) < 4.78 is 1.88. The van der Waals surface area contributed by atoms with Crippen molar-refractivity contribution in [3.63, 3.8) is 0 Å². The highest BCUT2D eigenvalue weighted by molar-refractivity contribution is 6.08. The van der Waals surface area contributed by atoms with Crippen LogP contribution < -0.4 is 11.1 Å². The highest BCUT2D eigenvalue weighted by Gasteiger charge is 2.28. The molecule has 0 saturated heterocycles. The number of aromatic nitrogens is 1. The largest absolute Gasteiger partial charge is 0.368 e. The van der Waals surface area contributed by atoms with Crippen LogP contribution in [0.15, 0.2) is 30.5 Å². The molecule has 0 unspecified atom stereocenters. The number of aryl methyl sites for hydroxylation is 1. The van der Waals surface area contributed by atoms with Crippen LogP contribution in [0.2, 0.25) is 0 Å². The summed E-state index contributed by atoms with van der Waals surface area (Å²) in [7, 11) is 1.87. The molecule has 100 valence electrons. The Hall–Kier alpha value is -2.30. The van der Waals surface area contributed by atoms with Gasteiger partial charge in [-0.25, -0.2) is 0 Å². The van der Waals surface area contributed by atoms with Crippen LogP contribution in [0.5, 0.6) is 0 Å². The zero-order valence-electron chi connectivity index (χ0n) is 11.2. The van der Waals surface area contributed by atoms with Crippen molar-refractivity contribution < 1.29 is 9.59 Å². The first-order valence-electron chi connectivity index (χ1n) is 5.99. The molecule has 2 rings (SSSR count). The van der Waals surface area contributed by atoms with E-state index in [-0.39, 0.29) is 5.91 Å². The third-order valence-corrected chi connectivity index (χ3v) is 3.18. The van der Waals surface area contributed by atoms with Gasteiger partial charge in [-0.05, 0) is 19.9 Å². The van der Waals surface area contributed by atoms with Crippen LogP contribution in [0.3, 0.4) is 0 Å². The highest BCUT2D eigenvalue weighted by atomic mass is 16.2. The standard InChI is InChI=1S/C14H17N3O2/c1-14(2,13(15)19)16-12(18)10-8-17(3)11-7-5-4-6-9(10)11/h4-8H,1-3H3,(H2,15,19)(H,16,18). The molecule has 1 aromatic heterocycles. The maximum atomic E-state index is 12.3. The van der Waals surface area contributed by atoms with Crippen LogP contribution in [0.25, 0.3) is 10.9 Å². The van der Waals surface area contributed by atoms with Gasteiger partial charge in [0.25, 0.3) is 5.91 Å². The third-order valence-electron chi connectivity index (χ3n) is 3.18. The number of fused-ring (bicyclic) bond motifs is 1. The Bertz CT molecular complexity index is 656. The van der Waals surface area contributed by atoms with E-state index in [0.717, 1.165) is 10.9 Å². The van der Waals surface area contributed by atoms with Crippen molar-refractivity contribution in [2.24, 2.45) is 12.8 Å². The summed E-state index contributed by atoms with van der Waals surface area (Å²) in [6.07, 6.45) is 1.75. The molecule has 0 saturated carbocycles. The SMILES string of the molecule is Cn1cc(C(=O)NC(C)(C)C(N)=O)c2ccccc21. The maximum Gasteiger partial charge on any atom is 0.254 e. The monoisotopic (exact) mass is 259 g/mol. The zero-order chi connectivity index (χ0) is 14.2. The Balaban J connectivity index is 2.40. The molecular formula is C14H17N3O2. The second kappa shape index (κ2) is 4.42. The number of rotatable bonds is 3. The van der Waals surface area contributed by atoms with E-state index in [9.17, 15) is 9.59 Å². The Kier molecular flexibility index (Phi) is 3.06. The molecule has 5 nitrogen and oxygen atoms in total. The summed E-state index contributed by atoms with van der Waals surface area (Å²) in [6, 6.07) is 7.60. The van der Waals surface area contributed by atoms with E-state index in [1.165, 1.54) is 0 Å². The molecule has 5 heteroatoms. The molecule has 0 aliphatic rings. The summed E-state index contributed by atoms with van der Waals surface area (Å²) >= 11 is 0. The summed E-state index contributed by atoms with van der Waals surface area (Å²) in [5.41, 5.74) is 5.68. The van der Waals surface area contributed by atoms with Crippen LogP contribution in [0, 0.1) is 0 Å². The molecule has 0 radical (unpaired) electrons. The molecule has 0 bridgehead atoms. The Morgan fingerprint density at radius 1 is 1.26 bits per heavy atom. The van der Waals surface area contributed by atoms with Gasteiger partial charge in [0.1, 0.15) is 5.54 Å². The van der Waals surface area contributed by atoms with Crippen LogP contribution in [-0.4, -0.2) is 21.9 Å². The molecule has 0 fully saturated rings. The van der Waals surface area contributed by atoms with Crippen LogP contribution >= 0.6 is 0 Å². The minimum atomic E-state index is -1.08. The molecule has 2 amide bonds. The molecule has 1 aromatic carbocycles. The second-order valence-electron chi connectivity index (χ2n) is 5.11. The van der Waals surface area contributed by atoms with E-state index in [4.69, 9.17) is 5.73 Å². The first kappa shape index (κ1) is 13.1. The quantitative estimate of drug-likeness (QED) is 0.868. The molecule has 0 aliphatic heterocycles. The van der Waals surface area contributed by atoms with E-state index < -0.39 is 11.4 Å². The lowest BCUT2D eigenvalue weighted by atomic mass is 10.0. The lowest BCUT2D eigenvalue weighted by Gasteiger charge is -2.21. The van der Waals surface area contributed by atoms with Crippen molar-refractivity contribution in [1.29, 1.82) is 0 Å². The van der Waals surface area contributed by atoms with Crippen molar-refractivity contribution in [1.82, 2.24) is 9.88 Å². The van der Waals surface area contributed by atoms with Gasteiger partial charge in [0.2, 0.25) is 5.91 Å². The molecular weight excluding hydrogens is 242 g/mol. The number of para-hydroxylation sites is 1. The van der Waals surface area contributed by atoms with Gasteiger partial charge >= 0.3 is 0 Å². The average Bonchev–Trinajstić information content (AvgIpc) is 2.67. The van der Waals surface area contributed by atoms with Gasteiger partial charge in [-0.15, -0.1) is 0 Å². The minimum Gasteiger partial charge on any atom is -0.368 e. The van der Waals surface area contributed by atoms with E-state index in [1.54, 1.807) is 20.0 Å². The second-order valence-corrected chi connectivity index (χ2v) is 5.11. The van der Waals surface area contributed by atoms with Crippen molar-refractivity contribution in [3.05, 3.63) is 36.0 Å². The number of nitrogens with zero attached hydrogens (tertiary/aromatic N) is 1. The number of carbonyl (C=O) groups excluding carboxylic acids is 2. The number of benzene rings is 1.